The normalized spacial score (nSPS) is 28.8. The quantitative estimate of drug-likeness (QED) is 0.584. The fraction of sp³-hybridized carbons (Fsp3) is 0.941. The predicted octanol–water partition coefficient (Wildman–Crippen LogP) is 5.70. The van der Waals surface area contributed by atoms with E-state index in [1.165, 1.54) is 57.8 Å². The zero-order valence-corrected chi connectivity index (χ0v) is 12.5. The molecule has 1 saturated carbocycles. The van der Waals surface area contributed by atoms with E-state index in [4.69, 9.17) is 5.26 Å². The average Bonchev–Trinajstić information content (AvgIpc) is 2.38. The van der Waals surface area contributed by atoms with Gasteiger partial charge in [0.2, 0.25) is 0 Å². The first-order valence-electron chi connectivity index (χ1n) is 8.13. The summed E-state index contributed by atoms with van der Waals surface area (Å²) in [6.07, 6.45) is 14.5. The van der Waals surface area contributed by atoms with Crippen molar-refractivity contribution in [3.8, 4) is 6.07 Å². The number of hydrogen-bond donors (Lipinski definition) is 0. The van der Waals surface area contributed by atoms with Gasteiger partial charge in [0.25, 0.3) is 0 Å². The Morgan fingerprint density at radius 1 is 0.778 bits per heavy atom. The van der Waals surface area contributed by atoms with Crippen molar-refractivity contribution in [2.75, 3.05) is 0 Å². The summed E-state index contributed by atoms with van der Waals surface area (Å²) < 4.78 is 0. The summed E-state index contributed by atoms with van der Waals surface area (Å²) in [4.78, 5) is 0. The van der Waals surface area contributed by atoms with Crippen molar-refractivity contribution in [1.82, 2.24) is 0 Å². The topological polar surface area (TPSA) is 23.8 Å². The van der Waals surface area contributed by atoms with E-state index in [1.807, 2.05) is 0 Å². The highest BCUT2D eigenvalue weighted by Gasteiger charge is 2.14. The lowest BCUT2D eigenvalue weighted by Crippen LogP contribution is -2.08. The van der Waals surface area contributed by atoms with Crippen LogP contribution in [0.2, 0.25) is 0 Å². The van der Waals surface area contributed by atoms with Crippen LogP contribution in [0, 0.1) is 29.1 Å². The SMILES string of the molecule is CC(C)C1CCCCCCC(C#N)CCCCC1. The molecule has 0 aromatic heterocycles. The molecule has 1 rings (SSSR count). The van der Waals surface area contributed by atoms with Gasteiger partial charge in [-0.25, -0.2) is 0 Å². The van der Waals surface area contributed by atoms with Crippen molar-refractivity contribution in [2.45, 2.75) is 84.5 Å². The van der Waals surface area contributed by atoms with Crippen LogP contribution in [-0.4, -0.2) is 0 Å². The third-order valence-corrected chi connectivity index (χ3v) is 4.63. The van der Waals surface area contributed by atoms with Crippen LogP contribution in [0.25, 0.3) is 0 Å². The molecule has 0 N–H and O–H groups in total. The van der Waals surface area contributed by atoms with E-state index in [0.29, 0.717) is 5.92 Å². The van der Waals surface area contributed by atoms with Gasteiger partial charge in [-0.2, -0.15) is 5.26 Å². The van der Waals surface area contributed by atoms with Crippen molar-refractivity contribution in [1.29, 1.82) is 5.26 Å². The van der Waals surface area contributed by atoms with Crippen LogP contribution >= 0.6 is 0 Å². The highest BCUT2D eigenvalue weighted by atomic mass is 14.3. The smallest absolute Gasteiger partial charge is 0.0655 e. The Bertz CT molecular complexity index is 238. The van der Waals surface area contributed by atoms with Crippen LogP contribution in [0.1, 0.15) is 84.5 Å². The van der Waals surface area contributed by atoms with Crippen molar-refractivity contribution >= 4 is 0 Å². The van der Waals surface area contributed by atoms with Crippen LogP contribution in [0.3, 0.4) is 0 Å². The van der Waals surface area contributed by atoms with Gasteiger partial charge in [-0.1, -0.05) is 71.6 Å². The summed E-state index contributed by atoms with van der Waals surface area (Å²) >= 11 is 0. The fourth-order valence-electron chi connectivity index (χ4n) is 3.21. The van der Waals surface area contributed by atoms with Gasteiger partial charge >= 0.3 is 0 Å². The largest absolute Gasteiger partial charge is 0.198 e. The summed E-state index contributed by atoms with van der Waals surface area (Å²) in [6.45, 7) is 4.77. The molecule has 18 heavy (non-hydrogen) atoms. The van der Waals surface area contributed by atoms with Gasteiger partial charge in [0.1, 0.15) is 0 Å². The monoisotopic (exact) mass is 249 g/mol. The van der Waals surface area contributed by atoms with Crippen molar-refractivity contribution in [3.63, 3.8) is 0 Å². The molecule has 1 fully saturated rings. The maximum atomic E-state index is 9.12. The molecule has 2 unspecified atom stereocenters. The van der Waals surface area contributed by atoms with Crippen molar-refractivity contribution in [2.24, 2.45) is 17.8 Å². The molecule has 0 heterocycles. The maximum Gasteiger partial charge on any atom is 0.0655 e. The second-order valence-corrected chi connectivity index (χ2v) is 6.46. The highest BCUT2D eigenvalue weighted by molar-refractivity contribution is 4.82. The van der Waals surface area contributed by atoms with Crippen LogP contribution in [0.5, 0.6) is 0 Å². The van der Waals surface area contributed by atoms with E-state index in [9.17, 15) is 0 Å². The molecule has 1 aliphatic rings. The summed E-state index contributed by atoms with van der Waals surface area (Å²) in [7, 11) is 0. The van der Waals surface area contributed by atoms with Crippen molar-refractivity contribution in [3.05, 3.63) is 0 Å². The molecule has 0 radical (unpaired) electrons. The number of nitriles is 1. The molecule has 0 saturated heterocycles. The highest BCUT2D eigenvalue weighted by Crippen LogP contribution is 2.27. The van der Waals surface area contributed by atoms with Crippen LogP contribution < -0.4 is 0 Å². The lowest BCUT2D eigenvalue weighted by atomic mass is 9.86. The zero-order valence-electron chi connectivity index (χ0n) is 12.5. The molecule has 0 amide bonds. The second kappa shape index (κ2) is 9.42. The third-order valence-electron chi connectivity index (χ3n) is 4.63. The Balaban J connectivity index is 2.37. The predicted molar refractivity (Wildman–Crippen MR) is 78.2 cm³/mol. The summed E-state index contributed by atoms with van der Waals surface area (Å²) in [5.74, 6) is 2.13. The molecule has 0 bridgehead atoms. The molecule has 0 aromatic rings. The molecule has 0 spiro atoms. The van der Waals surface area contributed by atoms with Gasteiger partial charge < -0.3 is 0 Å². The van der Waals surface area contributed by atoms with Gasteiger partial charge in [-0.05, 0) is 24.7 Å². The minimum absolute atomic E-state index is 0.339. The van der Waals surface area contributed by atoms with Crippen LogP contribution in [0.15, 0.2) is 0 Å². The lowest BCUT2D eigenvalue weighted by Gasteiger charge is -2.20. The molecular weight excluding hydrogens is 218 g/mol. The molecule has 0 aliphatic heterocycles. The number of hydrogen-bond acceptors (Lipinski definition) is 1. The Hall–Kier alpha value is -0.510. The molecule has 2 atom stereocenters. The van der Waals surface area contributed by atoms with Crippen LogP contribution in [-0.2, 0) is 0 Å². The van der Waals surface area contributed by atoms with E-state index < -0.39 is 0 Å². The number of nitrogens with zero attached hydrogens (tertiary/aromatic N) is 1. The molecular formula is C17H31N. The fourth-order valence-corrected chi connectivity index (χ4v) is 3.21. The Morgan fingerprint density at radius 2 is 1.22 bits per heavy atom. The van der Waals surface area contributed by atoms with E-state index >= 15 is 0 Å². The molecule has 1 heteroatoms. The van der Waals surface area contributed by atoms with Crippen molar-refractivity contribution < 1.29 is 0 Å². The maximum absolute atomic E-state index is 9.12. The second-order valence-electron chi connectivity index (χ2n) is 6.46. The van der Waals surface area contributed by atoms with Gasteiger partial charge in [0.15, 0.2) is 0 Å². The van der Waals surface area contributed by atoms with Gasteiger partial charge in [0.05, 0.1) is 6.07 Å². The Labute approximate surface area is 114 Å². The van der Waals surface area contributed by atoms with E-state index in [0.717, 1.165) is 24.7 Å². The summed E-state index contributed by atoms with van der Waals surface area (Å²) in [5, 5.41) is 9.12. The third kappa shape index (κ3) is 6.43. The molecule has 1 aliphatic carbocycles. The summed E-state index contributed by atoms with van der Waals surface area (Å²) in [5.41, 5.74) is 0. The standard InChI is InChI=1S/C17H31N/c1-15(2)17-12-8-4-3-6-10-16(14-18)11-7-5-9-13-17/h15-17H,3-13H2,1-2H3. The van der Waals surface area contributed by atoms with Crippen LogP contribution in [0.4, 0.5) is 0 Å². The first-order chi connectivity index (χ1) is 8.74. The first kappa shape index (κ1) is 15.5. The Morgan fingerprint density at radius 3 is 1.67 bits per heavy atom. The lowest BCUT2D eigenvalue weighted by molar-refractivity contribution is 0.314. The molecule has 104 valence electrons. The zero-order chi connectivity index (χ0) is 13.2. The van der Waals surface area contributed by atoms with Gasteiger partial charge in [0, 0.05) is 5.92 Å². The van der Waals surface area contributed by atoms with Gasteiger partial charge in [-0.15, -0.1) is 0 Å². The van der Waals surface area contributed by atoms with E-state index in [-0.39, 0.29) is 0 Å². The minimum Gasteiger partial charge on any atom is -0.198 e. The minimum atomic E-state index is 0.339. The molecule has 0 aromatic carbocycles. The summed E-state index contributed by atoms with van der Waals surface area (Å²) in [6, 6.07) is 2.50. The number of rotatable bonds is 1. The van der Waals surface area contributed by atoms with Gasteiger partial charge in [-0.3, -0.25) is 0 Å². The van der Waals surface area contributed by atoms with E-state index in [1.54, 1.807) is 0 Å². The first-order valence-corrected chi connectivity index (χ1v) is 8.13. The molecule has 1 nitrogen and oxygen atoms in total. The average molecular weight is 249 g/mol. The Kier molecular flexibility index (Phi) is 8.14. The van der Waals surface area contributed by atoms with E-state index in [2.05, 4.69) is 19.9 Å².